The molecular formula is C28H29N5O3. The lowest BCUT2D eigenvalue weighted by atomic mass is 9.79. The van der Waals surface area contributed by atoms with E-state index < -0.39 is 17.7 Å². The van der Waals surface area contributed by atoms with Gasteiger partial charge in [-0.2, -0.15) is 10.2 Å². The fourth-order valence-corrected chi connectivity index (χ4v) is 5.27. The number of fused-ring (bicyclic) bond motifs is 1. The molecular weight excluding hydrogens is 454 g/mol. The van der Waals surface area contributed by atoms with Crippen molar-refractivity contribution in [2.75, 3.05) is 29.9 Å². The second kappa shape index (κ2) is 10.2. The van der Waals surface area contributed by atoms with Crippen molar-refractivity contribution in [3.05, 3.63) is 81.6 Å². The van der Waals surface area contributed by atoms with Crippen LogP contribution in [0.25, 0.3) is 0 Å². The number of H-pyrrole nitrogens is 1. The molecule has 1 amide bonds. The number of piperidine rings is 1. The van der Waals surface area contributed by atoms with Crippen molar-refractivity contribution >= 4 is 17.7 Å². The Labute approximate surface area is 209 Å². The number of hydrogen-bond donors (Lipinski definition) is 2. The smallest absolute Gasteiger partial charge is 0.258 e. The minimum Gasteiger partial charge on any atom is -0.494 e. The Hall–Kier alpha value is -4.12. The highest BCUT2D eigenvalue weighted by Gasteiger charge is 2.40. The van der Waals surface area contributed by atoms with Gasteiger partial charge in [0.1, 0.15) is 17.5 Å². The van der Waals surface area contributed by atoms with Gasteiger partial charge in [0.25, 0.3) is 5.56 Å². The molecule has 0 radical (unpaired) electrons. The number of amides is 1. The lowest BCUT2D eigenvalue weighted by molar-refractivity contribution is -0.119. The van der Waals surface area contributed by atoms with Gasteiger partial charge in [0.2, 0.25) is 11.9 Å². The van der Waals surface area contributed by atoms with Crippen LogP contribution in [0, 0.1) is 23.2 Å². The summed E-state index contributed by atoms with van der Waals surface area (Å²) in [4.78, 5) is 35.9. The van der Waals surface area contributed by atoms with Crippen LogP contribution in [0.3, 0.4) is 0 Å². The number of ether oxygens (including phenoxy) is 1. The highest BCUT2D eigenvalue weighted by atomic mass is 16.5. The van der Waals surface area contributed by atoms with Crippen LogP contribution in [-0.2, 0) is 11.2 Å². The first-order valence-electron chi connectivity index (χ1n) is 12.4. The van der Waals surface area contributed by atoms with Gasteiger partial charge in [0, 0.05) is 19.0 Å². The van der Waals surface area contributed by atoms with E-state index in [2.05, 4.69) is 50.5 Å². The fourth-order valence-electron chi connectivity index (χ4n) is 5.27. The van der Waals surface area contributed by atoms with Crippen molar-refractivity contribution in [2.45, 2.75) is 32.1 Å². The topological polar surface area (TPSA) is 111 Å². The average molecular weight is 484 g/mol. The molecule has 184 valence electrons. The number of rotatable bonds is 6. The molecule has 3 heterocycles. The molecule has 0 bridgehead atoms. The largest absolute Gasteiger partial charge is 0.494 e. The van der Waals surface area contributed by atoms with Gasteiger partial charge in [-0.1, -0.05) is 42.5 Å². The molecule has 1 saturated heterocycles. The van der Waals surface area contributed by atoms with E-state index in [9.17, 15) is 14.9 Å². The van der Waals surface area contributed by atoms with E-state index in [1.807, 2.05) is 25.1 Å². The van der Waals surface area contributed by atoms with E-state index in [-0.39, 0.29) is 11.4 Å². The number of carbonyl (C=O) groups is 1. The van der Waals surface area contributed by atoms with Gasteiger partial charge >= 0.3 is 0 Å². The predicted octanol–water partition coefficient (Wildman–Crippen LogP) is 3.85. The fraction of sp³-hybridized carbons (Fsp3) is 0.357. The van der Waals surface area contributed by atoms with E-state index >= 15 is 0 Å². The Morgan fingerprint density at radius 1 is 1.11 bits per heavy atom. The minimum atomic E-state index is -1.04. The first-order chi connectivity index (χ1) is 17.6. The van der Waals surface area contributed by atoms with Crippen molar-refractivity contribution in [2.24, 2.45) is 11.8 Å². The summed E-state index contributed by atoms with van der Waals surface area (Å²) in [6.45, 7) is 3.91. The summed E-state index contributed by atoms with van der Waals surface area (Å²) < 4.78 is 5.60. The Morgan fingerprint density at radius 3 is 2.61 bits per heavy atom. The molecule has 3 aromatic rings. The van der Waals surface area contributed by atoms with Crippen LogP contribution in [0.1, 0.15) is 42.4 Å². The van der Waals surface area contributed by atoms with Crippen LogP contribution in [0.4, 0.5) is 11.8 Å². The molecule has 2 aliphatic rings. The maximum atomic E-state index is 13.4. The molecule has 0 aliphatic carbocycles. The number of benzene rings is 2. The molecule has 1 aromatic heterocycles. The zero-order valence-corrected chi connectivity index (χ0v) is 20.2. The number of hydrogen-bond acceptors (Lipinski definition) is 6. The Kier molecular flexibility index (Phi) is 6.72. The number of nitrogens with one attached hydrogen (secondary N) is 2. The van der Waals surface area contributed by atoms with Gasteiger partial charge in [0.15, 0.2) is 0 Å². The lowest BCUT2D eigenvalue weighted by Crippen LogP contribution is -2.41. The van der Waals surface area contributed by atoms with E-state index in [1.54, 1.807) is 12.1 Å². The average Bonchev–Trinajstić information content (AvgIpc) is 2.89. The highest BCUT2D eigenvalue weighted by Crippen LogP contribution is 2.39. The number of nitrogens with zero attached hydrogens (tertiary/aromatic N) is 3. The summed E-state index contributed by atoms with van der Waals surface area (Å²) in [6.07, 6.45) is 3.02. The van der Waals surface area contributed by atoms with Gasteiger partial charge in [-0.15, -0.1) is 0 Å². The maximum Gasteiger partial charge on any atom is 0.258 e. The number of anilines is 2. The molecule has 36 heavy (non-hydrogen) atoms. The molecule has 2 N–H and O–H groups in total. The van der Waals surface area contributed by atoms with Crippen molar-refractivity contribution in [1.29, 1.82) is 5.26 Å². The highest BCUT2D eigenvalue weighted by molar-refractivity contribution is 5.98. The normalized spacial score (nSPS) is 19.8. The van der Waals surface area contributed by atoms with Crippen LogP contribution >= 0.6 is 0 Å². The molecule has 0 saturated carbocycles. The second-order valence-electron chi connectivity index (χ2n) is 9.35. The first kappa shape index (κ1) is 23.6. The molecule has 8 nitrogen and oxygen atoms in total. The van der Waals surface area contributed by atoms with Crippen LogP contribution in [0.15, 0.2) is 59.4 Å². The molecule has 2 aliphatic heterocycles. The summed E-state index contributed by atoms with van der Waals surface area (Å²) in [5.74, 6) is -0.358. The minimum absolute atomic E-state index is 0.225. The zero-order valence-electron chi connectivity index (χ0n) is 20.2. The monoisotopic (exact) mass is 483 g/mol. The van der Waals surface area contributed by atoms with Crippen LogP contribution in [0.5, 0.6) is 5.75 Å². The second-order valence-corrected chi connectivity index (χ2v) is 9.35. The van der Waals surface area contributed by atoms with Crippen LogP contribution < -0.4 is 20.5 Å². The molecule has 0 spiro atoms. The van der Waals surface area contributed by atoms with Gasteiger partial charge < -0.3 is 15.0 Å². The van der Waals surface area contributed by atoms with Crippen molar-refractivity contribution < 1.29 is 9.53 Å². The zero-order chi connectivity index (χ0) is 25.1. The number of aromatic amines is 1. The summed E-state index contributed by atoms with van der Waals surface area (Å²) in [7, 11) is 0. The van der Waals surface area contributed by atoms with E-state index in [4.69, 9.17) is 4.74 Å². The number of carbonyl (C=O) groups excluding carboxylic acids is 1. The predicted molar refractivity (Wildman–Crippen MR) is 137 cm³/mol. The molecule has 5 rings (SSSR count). The Balaban J connectivity index is 1.41. The van der Waals surface area contributed by atoms with E-state index in [0.717, 1.165) is 32.4 Å². The maximum absolute atomic E-state index is 13.4. The number of nitriles is 1. The lowest BCUT2D eigenvalue weighted by Gasteiger charge is -2.34. The standard InChI is InChI=1S/C28H29N5O3/c1-2-36-21-10-6-9-20(16-21)23-22(17-29)26(34)30-25-24(23)27(35)32-28(31-25)33-13-11-19(12-14-33)15-18-7-4-3-5-8-18/h3-10,16,19,22-23H,2,11-15H2,1H3,(H2,30,31,32,34,35). The molecule has 2 unspecified atom stereocenters. The van der Waals surface area contributed by atoms with Gasteiger partial charge in [0.05, 0.1) is 18.2 Å². The Morgan fingerprint density at radius 2 is 1.89 bits per heavy atom. The molecule has 2 atom stereocenters. The SMILES string of the molecule is CCOc1cccc(C2c3c(nc(N4CCC(Cc5ccccc5)CC4)[nH]c3=O)NC(=O)C2C#N)c1. The van der Waals surface area contributed by atoms with Gasteiger partial charge in [-0.05, 0) is 55.4 Å². The van der Waals surface area contributed by atoms with E-state index in [0.29, 0.717) is 35.3 Å². The molecule has 1 fully saturated rings. The third-order valence-electron chi connectivity index (χ3n) is 7.06. The third kappa shape index (κ3) is 4.69. The molecule has 8 heteroatoms. The summed E-state index contributed by atoms with van der Waals surface area (Å²) in [5, 5.41) is 12.5. The summed E-state index contributed by atoms with van der Waals surface area (Å²) >= 11 is 0. The van der Waals surface area contributed by atoms with Crippen LogP contribution in [0.2, 0.25) is 0 Å². The van der Waals surface area contributed by atoms with Crippen molar-refractivity contribution in [3.8, 4) is 11.8 Å². The van der Waals surface area contributed by atoms with Crippen molar-refractivity contribution in [1.82, 2.24) is 9.97 Å². The first-order valence-corrected chi connectivity index (χ1v) is 12.4. The summed E-state index contributed by atoms with van der Waals surface area (Å²) in [6, 6.07) is 19.8. The quantitative estimate of drug-likeness (QED) is 0.551. The third-order valence-corrected chi connectivity index (χ3v) is 7.06. The van der Waals surface area contributed by atoms with E-state index in [1.165, 1.54) is 5.56 Å². The van der Waals surface area contributed by atoms with Gasteiger partial charge in [-0.3, -0.25) is 14.6 Å². The number of aromatic nitrogens is 2. The van der Waals surface area contributed by atoms with Gasteiger partial charge in [-0.25, -0.2) is 0 Å². The molecule has 2 aromatic carbocycles. The Bertz CT molecular complexity index is 1340. The van der Waals surface area contributed by atoms with Crippen LogP contribution in [-0.4, -0.2) is 35.6 Å². The summed E-state index contributed by atoms with van der Waals surface area (Å²) in [5.41, 5.74) is 1.97. The van der Waals surface area contributed by atoms with Crippen molar-refractivity contribution in [3.63, 3.8) is 0 Å².